The van der Waals surface area contributed by atoms with Crippen LogP contribution in [0.15, 0.2) is 17.5 Å². The molecule has 1 aromatic heterocycles. The number of nitrogens with one attached hydrogen (secondary N) is 1. The van der Waals surface area contributed by atoms with Crippen LogP contribution in [-0.2, 0) is 11.2 Å². The molecule has 96 valence electrons. The van der Waals surface area contributed by atoms with Crippen LogP contribution in [0.3, 0.4) is 0 Å². The highest BCUT2D eigenvalue weighted by Crippen LogP contribution is 2.13. The van der Waals surface area contributed by atoms with E-state index in [0.29, 0.717) is 12.1 Å². The van der Waals surface area contributed by atoms with Crippen molar-refractivity contribution in [2.24, 2.45) is 0 Å². The molecule has 3 nitrogen and oxygen atoms in total. The minimum Gasteiger partial charge on any atom is -0.378 e. The van der Waals surface area contributed by atoms with Crippen molar-refractivity contribution in [2.45, 2.75) is 25.4 Å². The lowest BCUT2D eigenvalue weighted by Crippen LogP contribution is -2.49. The van der Waals surface area contributed by atoms with Crippen LogP contribution in [0.1, 0.15) is 11.8 Å². The molecular weight excluding hydrogens is 232 g/mol. The monoisotopic (exact) mass is 254 g/mol. The molecule has 2 atom stereocenters. The quantitative estimate of drug-likeness (QED) is 0.864. The van der Waals surface area contributed by atoms with E-state index in [1.807, 2.05) is 11.3 Å². The number of likely N-dealkylation sites (N-methyl/N-ethyl adjacent to an activating group) is 1. The van der Waals surface area contributed by atoms with E-state index in [-0.39, 0.29) is 0 Å². The van der Waals surface area contributed by atoms with Crippen LogP contribution in [0.2, 0.25) is 0 Å². The van der Waals surface area contributed by atoms with E-state index in [2.05, 4.69) is 41.7 Å². The minimum atomic E-state index is 0.486. The summed E-state index contributed by atoms with van der Waals surface area (Å²) in [6.45, 7) is 6.04. The molecule has 1 saturated heterocycles. The molecule has 1 fully saturated rings. The first-order chi connectivity index (χ1) is 8.25. The summed E-state index contributed by atoms with van der Waals surface area (Å²) in [4.78, 5) is 3.89. The second-order valence-corrected chi connectivity index (χ2v) is 5.83. The fourth-order valence-electron chi connectivity index (χ4n) is 2.14. The molecule has 1 aliphatic heterocycles. The second kappa shape index (κ2) is 6.50. The third-order valence-corrected chi connectivity index (χ3v) is 4.23. The van der Waals surface area contributed by atoms with Gasteiger partial charge < -0.3 is 15.0 Å². The fourth-order valence-corrected chi connectivity index (χ4v) is 2.97. The van der Waals surface area contributed by atoms with Crippen molar-refractivity contribution >= 4 is 11.3 Å². The molecule has 0 amide bonds. The Balaban J connectivity index is 1.76. The number of morpholine rings is 1. The van der Waals surface area contributed by atoms with Gasteiger partial charge in [-0.15, -0.1) is 11.3 Å². The molecule has 17 heavy (non-hydrogen) atoms. The average molecular weight is 254 g/mol. The highest BCUT2D eigenvalue weighted by molar-refractivity contribution is 7.09. The van der Waals surface area contributed by atoms with Crippen LogP contribution < -0.4 is 5.32 Å². The summed E-state index contributed by atoms with van der Waals surface area (Å²) < 4.78 is 5.48. The van der Waals surface area contributed by atoms with Crippen LogP contribution in [0.25, 0.3) is 0 Å². The number of hydrogen-bond donors (Lipinski definition) is 1. The SMILES string of the molecule is CC(Cc1cccs1)N(C)CC1COCCN1. The van der Waals surface area contributed by atoms with E-state index in [1.165, 1.54) is 4.88 Å². The number of nitrogens with zero attached hydrogens (tertiary/aromatic N) is 1. The van der Waals surface area contributed by atoms with Crippen LogP contribution >= 0.6 is 11.3 Å². The van der Waals surface area contributed by atoms with Gasteiger partial charge in [-0.05, 0) is 31.8 Å². The lowest BCUT2D eigenvalue weighted by molar-refractivity contribution is 0.0607. The maximum Gasteiger partial charge on any atom is 0.0632 e. The molecule has 2 heterocycles. The predicted molar refractivity (Wildman–Crippen MR) is 72.7 cm³/mol. The van der Waals surface area contributed by atoms with E-state index in [1.54, 1.807) is 0 Å². The van der Waals surface area contributed by atoms with Crippen molar-refractivity contribution in [3.63, 3.8) is 0 Å². The van der Waals surface area contributed by atoms with Gasteiger partial charge in [-0.1, -0.05) is 6.07 Å². The summed E-state index contributed by atoms with van der Waals surface area (Å²) in [5.41, 5.74) is 0. The van der Waals surface area contributed by atoms with E-state index in [4.69, 9.17) is 4.74 Å². The maximum atomic E-state index is 5.48. The summed E-state index contributed by atoms with van der Waals surface area (Å²) in [5, 5.41) is 5.65. The van der Waals surface area contributed by atoms with Crippen molar-refractivity contribution < 1.29 is 4.74 Å². The Morgan fingerprint density at radius 3 is 3.18 bits per heavy atom. The Morgan fingerprint density at radius 1 is 1.65 bits per heavy atom. The Hall–Kier alpha value is -0.420. The zero-order valence-corrected chi connectivity index (χ0v) is 11.5. The average Bonchev–Trinajstić information content (AvgIpc) is 2.83. The maximum absolute atomic E-state index is 5.48. The smallest absolute Gasteiger partial charge is 0.0632 e. The molecule has 0 aliphatic carbocycles. The highest BCUT2D eigenvalue weighted by atomic mass is 32.1. The molecule has 2 rings (SSSR count). The van der Waals surface area contributed by atoms with Crippen molar-refractivity contribution in [1.82, 2.24) is 10.2 Å². The third-order valence-electron chi connectivity index (χ3n) is 3.34. The topological polar surface area (TPSA) is 24.5 Å². The first-order valence-electron chi connectivity index (χ1n) is 6.29. The summed E-state index contributed by atoms with van der Waals surface area (Å²) in [6, 6.07) is 5.41. The standard InChI is InChI=1S/C13H22N2OS/c1-11(8-13-4-3-7-17-13)15(2)9-12-10-16-6-5-14-12/h3-4,7,11-12,14H,5-6,8-10H2,1-2H3. The normalized spacial score (nSPS) is 22.9. The lowest BCUT2D eigenvalue weighted by Gasteiger charge is -2.31. The molecule has 0 spiro atoms. The van der Waals surface area contributed by atoms with Gasteiger partial charge in [-0.25, -0.2) is 0 Å². The number of thiophene rings is 1. The van der Waals surface area contributed by atoms with Crippen LogP contribution in [0, 0.1) is 0 Å². The Bertz CT molecular complexity index is 309. The molecule has 0 saturated carbocycles. The zero-order chi connectivity index (χ0) is 12.1. The predicted octanol–water partition coefficient (Wildman–Crippen LogP) is 1.60. The number of ether oxygens (including phenoxy) is 1. The Labute approximate surface area is 108 Å². The van der Waals surface area contributed by atoms with Crippen molar-refractivity contribution in [2.75, 3.05) is 33.4 Å². The van der Waals surface area contributed by atoms with E-state index < -0.39 is 0 Å². The fraction of sp³-hybridized carbons (Fsp3) is 0.692. The molecule has 2 unspecified atom stereocenters. The highest BCUT2D eigenvalue weighted by Gasteiger charge is 2.18. The summed E-state index contributed by atoms with van der Waals surface area (Å²) in [6.07, 6.45) is 1.14. The zero-order valence-electron chi connectivity index (χ0n) is 10.7. The Morgan fingerprint density at radius 2 is 2.53 bits per heavy atom. The molecule has 1 aliphatic rings. The summed E-state index contributed by atoms with van der Waals surface area (Å²) in [7, 11) is 2.20. The van der Waals surface area contributed by atoms with Crippen LogP contribution in [0.5, 0.6) is 0 Å². The van der Waals surface area contributed by atoms with Crippen molar-refractivity contribution in [3.8, 4) is 0 Å². The van der Waals surface area contributed by atoms with Crippen molar-refractivity contribution in [1.29, 1.82) is 0 Å². The first-order valence-corrected chi connectivity index (χ1v) is 7.17. The van der Waals surface area contributed by atoms with Gasteiger partial charge in [0.1, 0.15) is 0 Å². The molecule has 0 aromatic carbocycles. The molecule has 0 radical (unpaired) electrons. The Kier molecular flexibility index (Phi) is 4.98. The number of hydrogen-bond acceptors (Lipinski definition) is 4. The molecule has 0 bridgehead atoms. The summed E-state index contributed by atoms with van der Waals surface area (Å²) in [5.74, 6) is 0. The molecule has 4 heteroatoms. The molecular formula is C13H22N2OS. The second-order valence-electron chi connectivity index (χ2n) is 4.80. The van der Waals surface area contributed by atoms with E-state index in [0.717, 1.165) is 32.7 Å². The molecule has 1 aromatic rings. The van der Waals surface area contributed by atoms with Gasteiger partial charge in [-0.2, -0.15) is 0 Å². The molecule has 1 N–H and O–H groups in total. The lowest BCUT2D eigenvalue weighted by atomic mass is 10.1. The van der Waals surface area contributed by atoms with Gasteiger partial charge in [0.05, 0.1) is 13.2 Å². The van der Waals surface area contributed by atoms with Gasteiger partial charge >= 0.3 is 0 Å². The van der Waals surface area contributed by atoms with Gasteiger partial charge in [0.15, 0.2) is 0 Å². The van der Waals surface area contributed by atoms with Gasteiger partial charge in [-0.3, -0.25) is 0 Å². The van der Waals surface area contributed by atoms with Crippen LogP contribution in [-0.4, -0.2) is 50.3 Å². The minimum absolute atomic E-state index is 0.486. The van der Waals surface area contributed by atoms with E-state index >= 15 is 0 Å². The van der Waals surface area contributed by atoms with E-state index in [9.17, 15) is 0 Å². The van der Waals surface area contributed by atoms with Crippen molar-refractivity contribution in [3.05, 3.63) is 22.4 Å². The first kappa shape index (κ1) is 13.0. The van der Waals surface area contributed by atoms with Gasteiger partial charge in [0.2, 0.25) is 0 Å². The van der Waals surface area contributed by atoms with Gasteiger partial charge in [0, 0.05) is 30.1 Å². The third kappa shape index (κ3) is 4.07. The van der Waals surface area contributed by atoms with Gasteiger partial charge in [0.25, 0.3) is 0 Å². The van der Waals surface area contributed by atoms with Crippen LogP contribution in [0.4, 0.5) is 0 Å². The number of rotatable bonds is 5. The summed E-state index contributed by atoms with van der Waals surface area (Å²) >= 11 is 1.85. The largest absolute Gasteiger partial charge is 0.378 e.